The molecule has 0 fully saturated rings. The number of rotatable bonds is 7. The first-order valence-electron chi connectivity index (χ1n) is 7.84. The second-order valence-corrected chi connectivity index (χ2v) is 6.87. The summed E-state index contributed by atoms with van der Waals surface area (Å²) in [7, 11) is 0. The summed E-state index contributed by atoms with van der Waals surface area (Å²) in [5.41, 5.74) is 5.40. The predicted octanol–water partition coefficient (Wildman–Crippen LogP) is 3.64. The third-order valence-corrected chi connectivity index (χ3v) is 4.71. The molecule has 1 N–H and O–H groups in total. The minimum atomic E-state index is -0.282. The summed E-state index contributed by atoms with van der Waals surface area (Å²) in [6.07, 6.45) is 5.48. The van der Waals surface area contributed by atoms with E-state index in [1.807, 2.05) is 35.8 Å². The predicted molar refractivity (Wildman–Crippen MR) is 105 cm³/mol. The molecule has 0 saturated carbocycles. The van der Waals surface area contributed by atoms with Crippen LogP contribution in [-0.2, 0) is 16.0 Å². The number of carbonyl (C=O) groups is 1. The maximum atomic E-state index is 11.4. The summed E-state index contributed by atoms with van der Waals surface area (Å²) in [6, 6.07) is 7.73. The van der Waals surface area contributed by atoms with E-state index in [-0.39, 0.29) is 12.4 Å². The molecule has 0 radical (unpaired) electrons. The molecule has 3 rings (SSSR count). The van der Waals surface area contributed by atoms with Gasteiger partial charge in [-0.2, -0.15) is 10.2 Å². The van der Waals surface area contributed by atoms with Gasteiger partial charge in [0.15, 0.2) is 0 Å². The Kier molecular flexibility index (Phi) is 6.13. The Hall–Kier alpha value is -2.52. The number of thiazole rings is 1. The van der Waals surface area contributed by atoms with Crippen LogP contribution in [0.4, 0.5) is 5.13 Å². The Labute approximate surface area is 162 Å². The van der Waals surface area contributed by atoms with Crippen molar-refractivity contribution in [2.24, 2.45) is 5.10 Å². The molecule has 1 aromatic carbocycles. The monoisotopic (exact) mass is 433 g/mol. The van der Waals surface area contributed by atoms with E-state index < -0.39 is 0 Å². The standard InChI is InChI=1S/C17H16BrN5O2S/c1-2-25-16(24)9-13-11-26-17(21-13)22-19-10-12-4-5-15(14(18)8-12)23-7-3-6-20-23/h3-8,10-11H,2,9H2,1H3,(H,21,22). The molecule has 26 heavy (non-hydrogen) atoms. The van der Waals surface area contributed by atoms with Gasteiger partial charge >= 0.3 is 5.97 Å². The topological polar surface area (TPSA) is 81.4 Å². The Morgan fingerprint density at radius 1 is 1.50 bits per heavy atom. The van der Waals surface area contributed by atoms with Gasteiger partial charge in [0.2, 0.25) is 5.13 Å². The number of hydrazone groups is 1. The number of carbonyl (C=O) groups excluding carboxylic acids is 1. The van der Waals surface area contributed by atoms with Crippen molar-refractivity contribution in [2.45, 2.75) is 13.3 Å². The maximum absolute atomic E-state index is 11.4. The third-order valence-electron chi connectivity index (χ3n) is 3.28. The molecule has 9 heteroatoms. The average Bonchev–Trinajstić information content (AvgIpc) is 3.27. The van der Waals surface area contributed by atoms with Gasteiger partial charge in [-0.25, -0.2) is 9.67 Å². The van der Waals surface area contributed by atoms with Crippen molar-refractivity contribution in [1.82, 2.24) is 14.8 Å². The highest BCUT2D eigenvalue weighted by Gasteiger charge is 2.08. The molecule has 134 valence electrons. The Morgan fingerprint density at radius 3 is 3.12 bits per heavy atom. The van der Waals surface area contributed by atoms with Crippen LogP contribution in [-0.4, -0.2) is 33.6 Å². The lowest BCUT2D eigenvalue weighted by molar-refractivity contribution is -0.142. The van der Waals surface area contributed by atoms with Crippen LogP contribution in [0.2, 0.25) is 0 Å². The number of halogens is 1. The number of hydrogen-bond donors (Lipinski definition) is 1. The second kappa shape index (κ2) is 8.72. The van der Waals surface area contributed by atoms with Gasteiger partial charge in [-0.15, -0.1) is 11.3 Å². The van der Waals surface area contributed by atoms with E-state index in [1.165, 1.54) is 11.3 Å². The van der Waals surface area contributed by atoms with Crippen LogP contribution in [0.5, 0.6) is 0 Å². The fourth-order valence-electron chi connectivity index (χ4n) is 2.16. The highest BCUT2D eigenvalue weighted by molar-refractivity contribution is 9.10. The molecule has 0 aliphatic carbocycles. The van der Waals surface area contributed by atoms with Crippen LogP contribution < -0.4 is 5.43 Å². The fourth-order valence-corrected chi connectivity index (χ4v) is 3.40. The van der Waals surface area contributed by atoms with Gasteiger partial charge in [0.05, 0.1) is 30.6 Å². The van der Waals surface area contributed by atoms with E-state index >= 15 is 0 Å². The van der Waals surface area contributed by atoms with Gasteiger partial charge in [-0.3, -0.25) is 10.2 Å². The van der Waals surface area contributed by atoms with E-state index in [1.54, 1.807) is 24.0 Å². The normalized spacial score (nSPS) is 11.0. The Balaban J connectivity index is 1.60. The molecule has 0 saturated heterocycles. The molecule has 0 spiro atoms. The van der Waals surface area contributed by atoms with Crippen LogP contribution in [0.3, 0.4) is 0 Å². The van der Waals surface area contributed by atoms with Crippen LogP contribution in [0.15, 0.2) is 51.6 Å². The molecule has 3 aromatic rings. The summed E-state index contributed by atoms with van der Waals surface area (Å²) in [4.78, 5) is 15.7. The largest absolute Gasteiger partial charge is 0.466 e. The van der Waals surface area contributed by atoms with E-state index in [2.05, 4.69) is 36.5 Å². The number of esters is 1. The van der Waals surface area contributed by atoms with Gasteiger partial charge in [0.25, 0.3) is 0 Å². The average molecular weight is 434 g/mol. The van der Waals surface area contributed by atoms with Gasteiger partial charge < -0.3 is 4.74 Å². The number of ether oxygens (including phenoxy) is 1. The first kappa shape index (κ1) is 18.3. The third kappa shape index (κ3) is 4.77. The molecule has 2 heterocycles. The summed E-state index contributed by atoms with van der Waals surface area (Å²) >= 11 is 4.93. The van der Waals surface area contributed by atoms with Crippen molar-refractivity contribution in [3.8, 4) is 5.69 Å². The highest BCUT2D eigenvalue weighted by Crippen LogP contribution is 2.21. The van der Waals surface area contributed by atoms with Crippen molar-refractivity contribution < 1.29 is 9.53 Å². The molecule has 0 amide bonds. The number of anilines is 1. The molecule has 0 aliphatic rings. The van der Waals surface area contributed by atoms with Crippen LogP contribution >= 0.6 is 27.3 Å². The molecule has 7 nitrogen and oxygen atoms in total. The first-order valence-corrected chi connectivity index (χ1v) is 9.51. The fraction of sp³-hybridized carbons (Fsp3) is 0.176. The van der Waals surface area contributed by atoms with E-state index in [0.717, 1.165) is 15.7 Å². The molecule has 2 aromatic heterocycles. The van der Waals surface area contributed by atoms with Crippen LogP contribution in [0, 0.1) is 0 Å². The number of nitrogens with zero attached hydrogens (tertiary/aromatic N) is 4. The SMILES string of the molecule is CCOC(=O)Cc1csc(NN=Cc2ccc(-n3cccn3)c(Br)c2)n1. The molecule has 0 atom stereocenters. The number of hydrogen-bond acceptors (Lipinski definition) is 7. The van der Waals surface area contributed by atoms with Crippen molar-refractivity contribution in [2.75, 3.05) is 12.0 Å². The summed E-state index contributed by atoms with van der Waals surface area (Å²) in [5.74, 6) is -0.282. The van der Waals surface area contributed by atoms with E-state index in [0.29, 0.717) is 17.4 Å². The van der Waals surface area contributed by atoms with Gasteiger partial charge in [-0.05, 0) is 46.6 Å². The summed E-state index contributed by atoms with van der Waals surface area (Å²) < 4.78 is 7.60. The zero-order valence-corrected chi connectivity index (χ0v) is 16.3. The molecular weight excluding hydrogens is 418 g/mol. The lowest BCUT2D eigenvalue weighted by Crippen LogP contribution is -2.07. The molecule has 0 aliphatic heterocycles. The van der Waals surface area contributed by atoms with Crippen LogP contribution in [0.25, 0.3) is 5.69 Å². The van der Waals surface area contributed by atoms with Crippen molar-refractivity contribution in [3.05, 3.63) is 57.8 Å². The van der Waals surface area contributed by atoms with Crippen molar-refractivity contribution in [1.29, 1.82) is 0 Å². The van der Waals surface area contributed by atoms with Crippen molar-refractivity contribution in [3.63, 3.8) is 0 Å². The number of benzene rings is 1. The van der Waals surface area contributed by atoms with E-state index in [9.17, 15) is 4.79 Å². The number of nitrogens with one attached hydrogen (secondary N) is 1. The van der Waals surface area contributed by atoms with Crippen molar-refractivity contribution >= 4 is 44.6 Å². The van der Waals surface area contributed by atoms with Gasteiger partial charge in [0, 0.05) is 22.2 Å². The highest BCUT2D eigenvalue weighted by atomic mass is 79.9. The Bertz CT molecular complexity index is 908. The summed E-state index contributed by atoms with van der Waals surface area (Å²) in [5, 5.41) is 10.8. The molecule has 0 bridgehead atoms. The van der Waals surface area contributed by atoms with Crippen LogP contribution in [0.1, 0.15) is 18.2 Å². The smallest absolute Gasteiger partial charge is 0.311 e. The van der Waals surface area contributed by atoms with Gasteiger partial charge in [-0.1, -0.05) is 6.07 Å². The molecular formula is C17H16BrN5O2S. The summed E-state index contributed by atoms with van der Waals surface area (Å²) in [6.45, 7) is 2.15. The lowest BCUT2D eigenvalue weighted by Gasteiger charge is -2.05. The maximum Gasteiger partial charge on any atom is 0.311 e. The minimum Gasteiger partial charge on any atom is -0.466 e. The minimum absolute atomic E-state index is 0.164. The zero-order chi connectivity index (χ0) is 18.4. The first-order chi connectivity index (χ1) is 12.7. The zero-order valence-electron chi connectivity index (χ0n) is 13.9. The van der Waals surface area contributed by atoms with Gasteiger partial charge in [0.1, 0.15) is 0 Å². The number of aromatic nitrogens is 3. The second-order valence-electron chi connectivity index (χ2n) is 5.16. The molecule has 0 unspecified atom stereocenters. The lowest BCUT2D eigenvalue weighted by atomic mass is 10.2. The quantitative estimate of drug-likeness (QED) is 0.349. The van der Waals surface area contributed by atoms with E-state index in [4.69, 9.17) is 4.74 Å². The Morgan fingerprint density at radius 2 is 2.38 bits per heavy atom.